The van der Waals surface area contributed by atoms with Crippen LogP contribution in [0, 0.1) is 0 Å². The Hall–Kier alpha value is -4.08. The van der Waals surface area contributed by atoms with E-state index in [1.807, 2.05) is 24.8 Å². The molecule has 0 spiro atoms. The van der Waals surface area contributed by atoms with Gasteiger partial charge in [-0.3, -0.25) is 9.97 Å². The van der Waals surface area contributed by atoms with Crippen molar-refractivity contribution in [3.8, 4) is 22.3 Å². The van der Waals surface area contributed by atoms with Gasteiger partial charge in [0.15, 0.2) is 0 Å². The summed E-state index contributed by atoms with van der Waals surface area (Å²) in [6.45, 7) is 0. The monoisotopic (exact) mass is 438 g/mol. The van der Waals surface area contributed by atoms with E-state index in [4.69, 9.17) is 0 Å². The zero-order chi connectivity index (χ0) is 22.0. The molecular weight excluding hydrogens is 416 g/mol. The predicted molar refractivity (Wildman–Crippen MR) is 142 cm³/mol. The van der Waals surface area contributed by atoms with E-state index in [0.717, 1.165) is 0 Å². The van der Waals surface area contributed by atoms with Crippen LogP contribution in [0.15, 0.2) is 122 Å². The molecule has 0 amide bonds. The van der Waals surface area contributed by atoms with Gasteiger partial charge >= 0.3 is 0 Å². The van der Waals surface area contributed by atoms with Crippen molar-refractivity contribution in [3.63, 3.8) is 0 Å². The zero-order valence-corrected chi connectivity index (χ0v) is 19.6. The lowest BCUT2D eigenvalue weighted by Crippen LogP contribution is -2.26. The van der Waals surface area contributed by atoms with Gasteiger partial charge in [-0.15, -0.1) is 0 Å². The van der Waals surface area contributed by atoms with E-state index in [0.29, 0.717) is 0 Å². The minimum absolute atomic E-state index is 0.567. The number of hydrogen-bond donors (Lipinski definition) is 0. The molecule has 0 saturated heterocycles. The first kappa shape index (κ1) is 19.6. The van der Waals surface area contributed by atoms with E-state index >= 15 is 0 Å². The second-order valence-electron chi connectivity index (χ2n) is 8.31. The molecule has 0 atom stereocenters. The average molecular weight is 439 g/mol. The van der Waals surface area contributed by atoms with Gasteiger partial charge in [-0.25, -0.2) is 0 Å². The van der Waals surface area contributed by atoms with Crippen LogP contribution in [0.25, 0.3) is 43.8 Å². The third-order valence-corrected chi connectivity index (χ3v) is 8.01. The SMILES string of the molecule is c1ccc([SiH2]c2ccc3c(-c4ccncc4)c4ccccc4c(-c4ccncc4)c3c2)cc1. The summed E-state index contributed by atoms with van der Waals surface area (Å²) in [4.78, 5) is 8.53. The molecule has 156 valence electrons. The summed E-state index contributed by atoms with van der Waals surface area (Å²) in [5, 5.41) is 8.00. The molecule has 2 nitrogen and oxygen atoms in total. The Bertz CT molecular complexity index is 1560. The van der Waals surface area contributed by atoms with Gasteiger partial charge in [-0.1, -0.05) is 83.2 Å². The van der Waals surface area contributed by atoms with Gasteiger partial charge in [0.2, 0.25) is 0 Å². The maximum Gasteiger partial charge on any atom is 0.0875 e. The predicted octanol–water partition coefficient (Wildman–Crippen LogP) is 5.24. The van der Waals surface area contributed by atoms with Gasteiger partial charge in [0.1, 0.15) is 0 Å². The molecule has 6 rings (SSSR count). The van der Waals surface area contributed by atoms with Crippen molar-refractivity contribution in [2.45, 2.75) is 0 Å². The van der Waals surface area contributed by atoms with Crippen LogP contribution in [-0.4, -0.2) is 19.5 Å². The number of pyridine rings is 2. The van der Waals surface area contributed by atoms with Crippen molar-refractivity contribution < 1.29 is 0 Å². The summed E-state index contributed by atoms with van der Waals surface area (Å²) in [5.74, 6) is 0. The van der Waals surface area contributed by atoms with Crippen LogP contribution in [0.3, 0.4) is 0 Å². The Morgan fingerprint density at radius 1 is 0.424 bits per heavy atom. The molecule has 0 N–H and O–H groups in total. The molecule has 0 saturated carbocycles. The van der Waals surface area contributed by atoms with Crippen molar-refractivity contribution in [2.24, 2.45) is 0 Å². The van der Waals surface area contributed by atoms with Gasteiger partial charge in [0.05, 0.1) is 9.52 Å². The van der Waals surface area contributed by atoms with Crippen LogP contribution in [0.2, 0.25) is 0 Å². The fourth-order valence-corrected chi connectivity index (χ4v) is 6.35. The molecule has 0 radical (unpaired) electrons. The van der Waals surface area contributed by atoms with Gasteiger partial charge in [-0.05, 0) is 68.1 Å². The van der Waals surface area contributed by atoms with Crippen molar-refractivity contribution in [1.82, 2.24) is 9.97 Å². The summed E-state index contributed by atoms with van der Waals surface area (Å²) < 4.78 is 0. The van der Waals surface area contributed by atoms with E-state index in [9.17, 15) is 0 Å². The highest BCUT2D eigenvalue weighted by atomic mass is 28.2. The third-order valence-electron chi connectivity index (χ3n) is 6.28. The molecule has 3 heteroatoms. The van der Waals surface area contributed by atoms with E-state index in [1.165, 1.54) is 54.2 Å². The normalized spacial score (nSPS) is 11.5. The Labute approximate surface area is 195 Å². The molecule has 33 heavy (non-hydrogen) atoms. The zero-order valence-electron chi connectivity index (χ0n) is 18.1. The first-order valence-electron chi connectivity index (χ1n) is 11.2. The van der Waals surface area contributed by atoms with E-state index in [1.54, 1.807) is 0 Å². The topological polar surface area (TPSA) is 25.8 Å². The van der Waals surface area contributed by atoms with Gasteiger partial charge in [-0.2, -0.15) is 0 Å². The van der Waals surface area contributed by atoms with Crippen LogP contribution < -0.4 is 10.4 Å². The summed E-state index contributed by atoms with van der Waals surface area (Å²) in [7, 11) is -0.567. The Balaban J connectivity index is 1.71. The lowest BCUT2D eigenvalue weighted by Gasteiger charge is -2.18. The molecule has 0 bridgehead atoms. The van der Waals surface area contributed by atoms with Gasteiger partial charge < -0.3 is 0 Å². The minimum atomic E-state index is -0.567. The molecule has 0 fully saturated rings. The fraction of sp³-hybridized carbons (Fsp3) is 0. The summed E-state index contributed by atoms with van der Waals surface area (Å²) in [6.07, 6.45) is 7.53. The Morgan fingerprint density at radius 2 is 0.939 bits per heavy atom. The molecule has 0 aliphatic heterocycles. The lowest BCUT2D eigenvalue weighted by atomic mass is 9.86. The van der Waals surface area contributed by atoms with Crippen LogP contribution in [0.1, 0.15) is 0 Å². The Kier molecular flexibility index (Phi) is 5.02. The average Bonchev–Trinajstić information content (AvgIpc) is 2.89. The summed E-state index contributed by atoms with van der Waals surface area (Å²) in [6, 6.07) is 35.2. The fourth-order valence-electron chi connectivity index (χ4n) is 4.83. The first-order chi connectivity index (χ1) is 16.4. The second-order valence-corrected chi connectivity index (χ2v) is 10.3. The van der Waals surface area contributed by atoms with Gasteiger partial charge in [0, 0.05) is 24.8 Å². The summed E-state index contributed by atoms with van der Waals surface area (Å²) in [5.41, 5.74) is 4.95. The standard InChI is InChI=1S/C30H22N2Si/c1-2-6-23(7-3-1)33-24-10-11-27-28(20-24)30(22-14-18-32-19-15-22)26-9-5-4-8-25(26)29(27)21-12-16-31-17-13-21/h1-20H,33H2. The molecule has 6 aromatic rings. The van der Waals surface area contributed by atoms with Gasteiger partial charge in [0.25, 0.3) is 0 Å². The number of fused-ring (bicyclic) bond motifs is 2. The number of rotatable bonds is 4. The number of aromatic nitrogens is 2. The largest absolute Gasteiger partial charge is 0.265 e. The number of nitrogens with zero attached hydrogens (tertiary/aromatic N) is 2. The molecule has 0 aliphatic carbocycles. The van der Waals surface area contributed by atoms with Crippen molar-refractivity contribution in [1.29, 1.82) is 0 Å². The Morgan fingerprint density at radius 3 is 1.55 bits per heavy atom. The molecule has 0 unspecified atom stereocenters. The second kappa shape index (κ2) is 8.45. The third kappa shape index (κ3) is 3.63. The number of hydrogen-bond acceptors (Lipinski definition) is 2. The first-order valence-corrected chi connectivity index (χ1v) is 12.6. The van der Waals surface area contributed by atoms with Crippen LogP contribution >= 0.6 is 0 Å². The molecule has 2 aromatic heterocycles. The smallest absolute Gasteiger partial charge is 0.0875 e. The van der Waals surface area contributed by atoms with Crippen LogP contribution in [-0.2, 0) is 0 Å². The number of benzene rings is 4. The van der Waals surface area contributed by atoms with Crippen molar-refractivity contribution in [3.05, 3.63) is 122 Å². The highest BCUT2D eigenvalue weighted by Crippen LogP contribution is 2.42. The highest BCUT2D eigenvalue weighted by molar-refractivity contribution is 6.67. The maximum absolute atomic E-state index is 4.27. The summed E-state index contributed by atoms with van der Waals surface area (Å²) >= 11 is 0. The van der Waals surface area contributed by atoms with E-state index in [-0.39, 0.29) is 0 Å². The molecular formula is C30H22N2Si. The van der Waals surface area contributed by atoms with Crippen LogP contribution in [0.4, 0.5) is 0 Å². The van der Waals surface area contributed by atoms with Crippen LogP contribution in [0.5, 0.6) is 0 Å². The maximum atomic E-state index is 4.27. The highest BCUT2D eigenvalue weighted by Gasteiger charge is 2.17. The minimum Gasteiger partial charge on any atom is -0.265 e. The van der Waals surface area contributed by atoms with E-state index in [2.05, 4.69) is 107 Å². The quantitative estimate of drug-likeness (QED) is 0.278. The molecule has 4 aromatic carbocycles. The lowest BCUT2D eigenvalue weighted by molar-refractivity contribution is 1.33. The van der Waals surface area contributed by atoms with Crippen molar-refractivity contribution >= 4 is 41.4 Å². The van der Waals surface area contributed by atoms with E-state index < -0.39 is 9.52 Å². The van der Waals surface area contributed by atoms with Crippen molar-refractivity contribution in [2.75, 3.05) is 0 Å². The molecule has 2 heterocycles. The molecule has 0 aliphatic rings.